The van der Waals surface area contributed by atoms with Gasteiger partial charge in [-0.2, -0.15) is 4.31 Å². The minimum atomic E-state index is -3.69. The Morgan fingerprint density at radius 3 is 2.32 bits per heavy atom. The molecule has 0 radical (unpaired) electrons. The first kappa shape index (κ1) is 31.4. The molecule has 0 N–H and O–H groups in total. The molecule has 11 heteroatoms. The molecule has 1 aliphatic rings. The third kappa shape index (κ3) is 8.04. The maximum atomic E-state index is 13.9. The molecule has 1 aliphatic heterocycles. The molecule has 224 valence electrons. The number of amides is 1. The van der Waals surface area contributed by atoms with E-state index in [1.165, 1.54) is 11.3 Å². The van der Waals surface area contributed by atoms with Gasteiger partial charge in [0.2, 0.25) is 10.0 Å². The fourth-order valence-electron chi connectivity index (χ4n) is 4.86. The van der Waals surface area contributed by atoms with Crippen LogP contribution in [0.3, 0.4) is 0 Å². The smallest absolute Gasteiger partial charge is 0.260 e. The second-order valence-corrected chi connectivity index (χ2v) is 14.2. The van der Waals surface area contributed by atoms with Gasteiger partial charge < -0.3 is 9.47 Å². The predicted molar refractivity (Wildman–Crippen MR) is 165 cm³/mol. The summed E-state index contributed by atoms with van der Waals surface area (Å²) in [6, 6.07) is 12.0. The molecule has 3 aromatic rings. The number of sulfonamides is 1. The SMILES string of the molecule is COc1ccc2nc(N(CCCN3CCOCC3)C(=O)c3ccc(S(=O)(=O)N(CC(C)C)CC(C)C)cc3)sc2c1. The van der Waals surface area contributed by atoms with Gasteiger partial charge >= 0.3 is 0 Å². The lowest BCUT2D eigenvalue weighted by atomic mass is 10.2. The van der Waals surface area contributed by atoms with E-state index in [-0.39, 0.29) is 22.6 Å². The average Bonchev–Trinajstić information content (AvgIpc) is 3.37. The van der Waals surface area contributed by atoms with Gasteiger partial charge in [0.05, 0.1) is 35.4 Å². The molecule has 0 spiro atoms. The van der Waals surface area contributed by atoms with Crippen LogP contribution in [0, 0.1) is 11.8 Å². The lowest BCUT2D eigenvalue weighted by molar-refractivity contribution is 0.0376. The quantitative estimate of drug-likeness (QED) is 0.273. The van der Waals surface area contributed by atoms with E-state index in [4.69, 9.17) is 14.5 Å². The predicted octanol–water partition coefficient (Wildman–Crippen LogP) is 4.98. The summed E-state index contributed by atoms with van der Waals surface area (Å²) < 4.78 is 40.3. The van der Waals surface area contributed by atoms with Crippen LogP contribution in [0.2, 0.25) is 0 Å². The number of rotatable bonds is 13. The molecule has 0 bridgehead atoms. The number of methoxy groups -OCH3 is 1. The Morgan fingerprint density at radius 1 is 1.05 bits per heavy atom. The number of anilines is 1. The van der Waals surface area contributed by atoms with Gasteiger partial charge in [-0.3, -0.25) is 14.6 Å². The highest BCUT2D eigenvalue weighted by Crippen LogP contribution is 2.32. The lowest BCUT2D eigenvalue weighted by Crippen LogP contribution is -2.39. The van der Waals surface area contributed by atoms with Gasteiger partial charge in [-0.1, -0.05) is 39.0 Å². The van der Waals surface area contributed by atoms with Gasteiger partial charge in [0.15, 0.2) is 5.13 Å². The van der Waals surface area contributed by atoms with E-state index in [2.05, 4.69) is 4.90 Å². The summed E-state index contributed by atoms with van der Waals surface area (Å²) in [4.78, 5) is 22.9. The number of hydrogen-bond acceptors (Lipinski definition) is 8. The average molecular weight is 603 g/mol. The number of nitrogens with zero attached hydrogens (tertiary/aromatic N) is 4. The van der Waals surface area contributed by atoms with Crippen molar-refractivity contribution < 1.29 is 22.7 Å². The first-order valence-electron chi connectivity index (χ1n) is 14.2. The molecule has 0 saturated carbocycles. The van der Waals surface area contributed by atoms with E-state index in [0.29, 0.717) is 30.3 Å². The summed E-state index contributed by atoms with van der Waals surface area (Å²) in [7, 11) is -2.06. The van der Waals surface area contributed by atoms with E-state index in [1.54, 1.807) is 40.6 Å². The van der Waals surface area contributed by atoms with Crippen LogP contribution in [-0.2, 0) is 14.8 Å². The van der Waals surface area contributed by atoms with Crippen molar-refractivity contribution in [3.05, 3.63) is 48.0 Å². The summed E-state index contributed by atoms with van der Waals surface area (Å²) in [5, 5.41) is 0.608. The maximum Gasteiger partial charge on any atom is 0.260 e. The highest BCUT2D eigenvalue weighted by atomic mass is 32.2. The van der Waals surface area contributed by atoms with Crippen molar-refractivity contribution in [3.8, 4) is 5.75 Å². The van der Waals surface area contributed by atoms with Crippen molar-refractivity contribution >= 4 is 42.6 Å². The van der Waals surface area contributed by atoms with E-state index < -0.39 is 10.0 Å². The van der Waals surface area contributed by atoms with Gasteiger partial charge in [-0.25, -0.2) is 13.4 Å². The monoisotopic (exact) mass is 602 g/mol. The Kier molecular flexibility index (Phi) is 10.8. The largest absolute Gasteiger partial charge is 0.497 e. The molecule has 1 saturated heterocycles. The number of hydrogen-bond donors (Lipinski definition) is 0. The van der Waals surface area contributed by atoms with Crippen LogP contribution < -0.4 is 9.64 Å². The standard InChI is InChI=1S/C30H42N4O5S2/c1-22(2)20-33(21-23(3)4)41(36,37)26-10-7-24(8-11-26)29(35)34(14-6-13-32-15-17-39-18-16-32)30-31-27-12-9-25(38-5)19-28(27)40-30/h7-12,19,22-23H,6,13-18,20-21H2,1-5H3. The summed E-state index contributed by atoms with van der Waals surface area (Å²) in [6.07, 6.45) is 0.775. The number of thiazole rings is 1. The van der Waals surface area contributed by atoms with E-state index in [9.17, 15) is 13.2 Å². The van der Waals surface area contributed by atoms with Crippen molar-refractivity contribution in [2.24, 2.45) is 11.8 Å². The Hall–Kier alpha value is -2.57. The molecule has 2 heterocycles. The molecule has 41 heavy (non-hydrogen) atoms. The van der Waals surface area contributed by atoms with E-state index >= 15 is 0 Å². The first-order valence-corrected chi connectivity index (χ1v) is 16.5. The first-order chi connectivity index (χ1) is 19.6. The van der Waals surface area contributed by atoms with Crippen molar-refractivity contribution in [2.45, 2.75) is 39.0 Å². The Bertz CT molecular complexity index is 1390. The Labute approximate surface area is 248 Å². The molecular formula is C30H42N4O5S2. The molecule has 2 aromatic carbocycles. The molecule has 1 aromatic heterocycles. The molecular weight excluding hydrogens is 560 g/mol. The third-order valence-electron chi connectivity index (χ3n) is 6.90. The second kappa shape index (κ2) is 14.1. The molecule has 9 nitrogen and oxygen atoms in total. The Balaban J connectivity index is 1.58. The molecule has 1 amide bonds. The van der Waals surface area contributed by atoms with E-state index in [1.807, 2.05) is 45.9 Å². The molecule has 0 unspecified atom stereocenters. The molecule has 1 fully saturated rings. The summed E-state index contributed by atoms with van der Waals surface area (Å²) in [5.74, 6) is 0.926. The fraction of sp³-hybridized carbons (Fsp3) is 0.533. The topological polar surface area (TPSA) is 92.3 Å². The molecule has 0 aliphatic carbocycles. The zero-order valence-corrected chi connectivity index (χ0v) is 26.3. The van der Waals surface area contributed by atoms with Crippen molar-refractivity contribution in [1.82, 2.24) is 14.2 Å². The van der Waals surface area contributed by atoms with Gasteiger partial charge in [0.1, 0.15) is 5.75 Å². The number of carbonyl (C=O) groups is 1. The second-order valence-electron chi connectivity index (χ2n) is 11.2. The van der Waals surface area contributed by atoms with Gasteiger partial charge in [0.25, 0.3) is 5.91 Å². The number of aromatic nitrogens is 1. The van der Waals surface area contributed by atoms with Crippen LogP contribution in [0.1, 0.15) is 44.5 Å². The number of morpholine rings is 1. The summed E-state index contributed by atoms with van der Waals surface area (Å²) in [5.41, 5.74) is 1.22. The van der Waals surface area contributed by atoms with Crippen LogP contribution >= 0.6 is 11.3 Å². The van der Waals surface area contributed by atoms with Gasteiger partial charge in [0, 0.05) is 44.8 Å². The highest BCUT2D eigenvalue weighted by Gasteiger charge is 2.27. The maximum absolute atomic E-state index is 13.9. The van der Waals surface area contributed by atoms with Crippen molar-refractivity contribution in [3.63, 3.8) is 0 Å². The number of fused-ring (bicyclic) bond motifs is 1. The molecule has 0 atom stereocenters. The zero-order valence-electron chi connectivity index (χ0n) is 24.7. The number of benzene rings is 2. The normalized spacial score (nSPS) is 14.8. The number of carbonyl (C=O) groups excluding carboxylic acids is 1. The summed E-state index contributed by atoms with van der Waals surface area (Å²) >= 11 is 1.44. The zero-order chi connectivity index (χ0) is 29.6. The Morgan fingerprint density at radius 2 is 1.71 bits per heavy atom. The van der Waals surface area contributed by atoms with Crippen LogP contribution in [0.25, 0.3) is 10.2 Å². The fourth-order valence-corrected chi connectivity index (χ4v) is 7.64. The van der Waals surface area contributed by atoms with Gasteiger partial charge in [-0.15, -0.1) is 0 Å². The third-order valence-corrected chi connectivity index (χ3v) is 9.78. The summed E-state index contributed by atoms with van der Waals surface area (Å²) in [6.45, 7) is 13.5. The number of ether oxygens (including phenoxy) is 2. The van der Waals surface area contributed by atoms with Gasteiger partial charge in [-0.05, 0) is 60.7 Å². The van der Waals surface area contributed by atoms with E-state index in [0.717, 1.165) is 55.2 Å². The van der Waals surface area contributed by atoms with Crippen LogP contribution in [0.4, 0.5) is 5.13 Å². The lowest BCUT2D eigenvalue weighted by Gasteiger charge is -2.28. The van der Waals surface area contributed by atoms with Crippen LogP contribution in [0.5, 0.6) is 5.75 Å². The van der Waals surface area contributed by atoms with Crippen LogP contribution in [-0.4, -0.2) is 88.1 Å². The van der Waals surface area contributed by atoms with Crippen molar-refractivity contribution in [2.75, 3.05) is 64.5 Å². The van der Waals surface area contributed by atoms with Crippen LogP contribution in [0.15, 0.2) is 47.4 Å². The molecule has 4 rings (SSSR count). The minimum absolute atomic E-state index is 0.196. The van der Waals surface area contributed by atoms with Crippen molar-refractivity contribution in [1.29, 1.82) is 0 Å². The minimum Gasteiger partial charge on any atom is -0.497 e. The highest BCUT2D eigenvalue weighted by molar-refractivity contribution is 7.89.